The van der Waals surface area contributed by atoms with Crippen LogP contribution in [-0.4, -0.2) is 36.3 Å². The maximum atomic E-state index is 13.2. The average molecular weight is 599 g/mol. The Kier molecular flexibility index (Phi) is 7.42. The number of urea groups is 1. The minimum absolute atomic E-state index is 0.0665. The molecule has 4 nitrogen and oxygen atoms in total. The molecule has 0 aromatic heterocycles. The average Bonchev–Trinajstić information content (AvgIpc) is 3.33. The van der Waals surface area contributed by atoms with Gasteiger partial charge in [0.05, 0.1) is 0 Å². The lowest BCUT2D eigenvalue weighted by molar-refractivity contribution is -0.218. The summed E-state index contributed by atoms with van der Waals surface area (Å²) in [7, 11) is 3.74. The van der Waals surface area contributed by atoms with Gasteiger partial charge in [-0.25, -0.2) is 4.79 Å². The highest BCUT2D eigenvalue weighted by atomic mass is 16.2. The molecule has 0 bridgehead atoms. The lowest BCUT2D eigenvalue weighted by atomic mass is 9.33. The summed E-state index contributed by atoms with van der Waals surface area (Å²) in [5.74, 6) is 3.00. The predicted molar refractivity (Wildman–Crippen MR) is 181 cm³/mol. The van der Waals surface area contributed by atoms with E-state index < -0.39 is 0 Å². The van der Waals surface area contributed by atoms with Crippen LogP contribution < -0.4 is 5.32 Å². The number of ketones is 1. The van der Waals surface area contributed by atoms with Gasteiger partial charge in [-0.05, 0) is 134 Å². The van der Waals surface area contributed by atoms with Gasteiger partial charge in [0, 0.05) is 25.2 Å². The van der Waals surface area contributed by atoms with Crippen LogP contribution >= 0.6 is 0 Å². The molecule has 1 aromatic carbocycles. The Morgan fingerprint density at radius 3 is 2.14 bits per heavy atom. The molecule has 1 aromatic rings. The summed E-state index contributed by atoms with van der Waals surface area (Å²) in [6.45, 7) is 21.4. The summed E-state index contributed by atoms with van der Waals surface area (Å²) in [6.07, 6.45) is 13.3. The van der Waals surface area contributed by atoms with Crippen molar-refractivity contribution in [2.45, 2.75) is 112 Å². The van der Waals surface area contributed by atoms with Gasteiger partial charge >= 0.3 is 6.03 Å². The molecule has 0 heterocycles. The molecule has 0 saturated heterocycles. The first-order valence-electron chi connectivity index (χ1n) is 17.5. The molecule has 0 aliphatic heterocycles. The van der Waals surface area contributed by atoms with E-state index in [1.807, 2.05) is 26.2 Å². The van der Waals surface area contributed by atoms with Crippen molar-refractivity contribution in [1.29, 1.82) is 0 Å². The second kappa shape index (κ2) is 10.3. The normalized spacial score (nSPS) is 42.1. The number of rotatable bonds is 4. The number of carbonyl (C=O) groups excluding carboxylic acids is 2. The van der Waals surface area contributed by atoms with Crippen LogP contribution in [0.25, 0.3) is 5.57 Å². The molecule has 240 valence electrons. The molecule has 0 radical (unpaired) electrons. The van der Waals surface area contributed by atoms with Crippen molar-refractivity contribution in [2.75, 3.05) is 14.1 Å². The zero-order valence-corrected chi connectivity index (χ0v) is 29.1. The lowest BCUT2D eigenvalue weighted by Crippen LogP contribution is -2.68. The molecule has 5 aliphatic carbocycles. The monoisotopic (exact) mass is 598 g/mol. The Hall–Kier alpha value is -2.36. The third-order valence-electron chi connectivity index (χ3n) is 15.0. The zero-order chi connectivity index (χ0) is 32.0. The first-order chi connectivity index (χ1) is 20.5. The van der Waals surface area contributed by atoms with Crippen LogP contribution in [-0.2, 0) is 0 Å². The third kappa shape index (κ3) is 4.28. The van der Waals surface area contributed by atoms with Crippen LogP contribution in [0.1, 0.15) is 122 Å². The van der Waals surface area contributed by atoms with E-state index in [1.165, 1.54) is 48.8 Å². The van der Waals surface area contributed by atoms with Gasteiger partial charge in [-0.2, -0.15) is 0 Å². The van der Waals surface area contributed by atoms with Crippen molar-refractivity contribution in [3.8, 4) is 0 Å². The van der Waals surface area contributed by atoms with E-state index in [0.29, 0.717) is 29.6 Å². The van der Waals surface area contributed by atoms with E-state index in [4.69, 9.17) is 0 Å². The van der Waals surface area contributed by atoms with E-state index in [9.17, 15) is 9.59 Å². The molecule has 9 atom stereocenters. The standard InChI is InChI=1S/C40H58N2O2/c1-25(2)29-17-22-40(41-35(44)42(9)10)24-23-38(7)31(34(29)40)15-16-33-37(6)20-18-30(28-13-11-27(12-14-28)26(3)43)36(4,5)32(37)19-21-39(33,38)8/h11-14,18,29,31-34H,1,15-17,19-24H2,2-10H3,(H,41,44)/t29-,31+,32-,33+,34+,37-,38+,39+,40-/m0/s1. The van der Waals surface area contributed by atoms with Crippen LogP contribution in [0.3, 0.4) is 0 Å². The summed E-state index contributed by atoms with van der Waals surface area (Å²) >= 11 is 0. The number of Topliss-reactive ketones (excluding diaryl/α,β-unsaturated/α-hetero) is 1. The van der Waals surface area contributed by atoms with E-state index >= 15 is 0 Å². The summed E-state index contributed by atoms with van der Waals surface area (Å²) in [5, 5.41) is 3.63. The molecule has 0 unspecified atom stereocenters. The number of hydrogen-bond donors (Lipinski definition) is 1. The quantitative estimate of drug-likeness (QED) is 0.277. The maximum absolute atomic E-state index is 13.2. The highest BCUT2D eigenvalue weighted by Crippen LogP contribution is 2.76. The van der Waals surface area contributed by atoms with Gasteiger partial charge in [-0.15, -0.1) is 0 Å². The number of allylic oxidation sites excluding steroid dienone is 3. The van der Waals surface area contributed by atoms with Gasteiger partial charge in [0.1, 0.15) is 0 Å². The summed E-state index contributed by atoms with van der Waals surface area (Å²) in [4.78, 5) is 26.8. The first-order valence-corrected chi connectivity index (χ1v) is 17.5. The van der Waals surface area contributed by atoms with Crippen LogP contribution in [0.15, 0.2) is 42.5 Å². The van der Waals surface area contributed by atoms with Gasteiger partial charge in [-0.3, -0.25) is 4.79 Å². The van der Waals surface area contributed by atoms with Crippen molar-refractivity contribution in [1.82, 2.24) is 10.2 Å². The number of nitrogens with one attached hydrogen (secondary N) is 1. The highest BCUT2D eigenvalue weighted by molar-refractivity contribution is 5.94. The van der Waals surface area contributed by atoms with Gasteiger partial charge in [0.25, 0.3) is 0 Å². The Balaban J connectivity index is 1.35. The van der Waals surface area contributed by atoms with Gasteiger partial charge < -0.3 is 10.2 Å². The Bertz CT molecular complexity index is 1390. The first kappa shape index (κ1) is 31.6. The van der Waals surface area contributed by atoms with E-state index in [-0.39, 0.29) is 39.0 Å². The highest BCUT2D eigenvalue weighted by Gasteiger charge is 2.70. The van der Waals surface area contributed by atoms with Crippen LogP contribution in [0, 0.1) is 51.2 Å². The molecular formula is C40H58N2O2. The Morgan fingerprint density at radius 1 is 0.841 bits per heavy atom. The van der Waals surface area contributed by atoms with E-state index in [0.717, 1.165) is 31.2 Å². The largest absolute Gasteiger partial charge is 0.332 e. The lowest BCUT2D eigenvalue weighted by Gasteiger charge is -2.72. The van der Waals surface area contributed by atoms with Gasteiger partial charge in [-0.1, -0.05) is 77.1 Å². The van der Waals surface area contributed by atoms with Gasteiger partial charge in [0.2, 0.25) is 0 Å². The molecule has 6 rings (SSSR count). The van der Waals surface area contributed by atoms with Crippen molar-refractivity contribution in [2.24, 2.45) is 51.2 Å². The predicted octanol–water partition coefficient (Wildman–Crippen LogP) is 9.56. The molecule has 44 heavy (non-hydrogen) atoms. The summed E-state index contributed by atoms with van der Waals surface area (Å²) < 4.78 is 0. The number of amides is 2. The van der Waals surface area contributed by atoms with Crippen LogP contribution in [0.4, 0.5) is 4.79 Å². The molecule has 4 fully saturated rings. The number of benzene rings is 1. The SMILES string of the molecule is C=C(C)[C@@H]1CC[C@]2(NC(=O)N(C)C)CC[C@]3(C)[C@H](CC[C@@H]4[C@@]5(C)CC=C(c6ccc(C(C)=O)cc6)C(C)(C)[C@@H]5CC[C@]43C)[C@@H]12. The van der Waals surface area contributed by atoms with Crippen molar-refractivity contribution < 1.29 is 9.59 Å². The third-order valence-corrected chi connectivity index (χ3v) is 15.0. The van der Waals surface area contributed by atoms with Crippen LogP contribution in [0.2, 0.25) is 0 Å². The van der Waals surface area contributed by atoms with Crippen molar-refractivity contribution in [3.63, 3.8) is 0 Å². The second-order valence-electron chi connectivity index (χ2n) is 17.3. The Labute approximate surface area is 267 Å². The zero-order valence-electron chi connectivity index (χ0n) is 29.1. The number of fused-ring (bicyclic) bond motifs is 7. The topological polar surface area (TPSA) is 49.4 Å². The van der Waals surface area contributed by atoms with E-state index in [1.54, 1.807) is 11.8 Å². The smallest absolute Gasteiger partial charge is 0.317 e. The molecule has 4 heteroatoms. The Morgan fingerprint density at radius 2 is 1.52 bits per heavy atom. The maximum Gasteiger partial charge on any atom is 0.317 e. The second-order valence-corrected chi connectivity index (χ2v) is 17.3. The van der Waals surface area contributed by atoms with E-state index in [2.05, 4.69) is 71.6 Å². The number of hydrogen-bond acceptors (Lipinski definition) is 2. The molecule has 1 N–H and O–H groups in total. The summed E-state index contributed by atoms with van der Waals surface area (Å²) in [6, 6.07) is 8.43. The minimum Gasteiger partial charge on any atom is -0.332 e. The van der Waals surface area contributed by atoms with Crippen molar-refractivity contribution >= 4 is 17.4 Å². The van der Waals surface area contributed by atoms with Crippen LogP contribution in [0.5, 0.6) is 0 Å². The molecule has 4 saturated carbocycles. The fraction of sp³-hybridized carbons (Fsp3) is 0.700. The number of carbonyl (C=O) groups is 2. The molecular weight excluding hydrogens is 540 g/mol. The fourth-order valence-electron chi connectivity index (χ4n) is 12.7. The van der Waals surface area contributed by atoms with Crippen molar-refractivity contribution in [3.05, 3.63) is 53.6 Å². The molecule has 0 spiro atoms. The minimum atomic E-state index is -0.109. The fourth-order valence-corrected chi connectivity index (χ4v) is 12.7. The molecule has 5 aliphatic rings. The summed E-state index contributed by atoms with van der Waals surface area (Å²) in [5.41, 5.74) is 5.58. The molecule has 2 amide bonds. The van der Waals surface area contributed by atoms with Gasteiger partial charge in [0.15, 0.2) is 5.78 Å². The number of nitrogens with zero attached hydrogens (tertiary/aromatic N) is 1.